The molecule has 0 spiro atoms. The molecular formula is C23H22F2N2O2. The Morgan fingerprint density at radius 2 is 1.93 bits per heavy atom. The van der Waals surface area contributed by atoms with Crippen LogP contribution in [-0.2, 0) is 17.6 Å². The highest BCUT2D eigenvalue weighted by Gasteiger charge is 2.26. The zero-order valence-corrected chi connectivity index (χ0v) is 16.2. The van der Waals surface area contributed by atoms with Gasteiger partial charge in [-0.15, -0.1) is 0 Å². The van der Waals surface area contributed by atoms with Crippen molar-refractivity contribution in [3.8, 4) is 11.3 Å². The Bertz CT molecular complexity index is 1010. The van der Waals surface area contributed by atoms with Crippen LogP contribution in [0.5, 0.6) is 0 Å². The number of carbonyl (C=O) groups excluding carboxylic acids is 1. The first-order valence-corrected chi connectivity index (χ1v) is 9.77. The second-order valence-corrected chi connectivity index (χ2v) is 7.33. The van der Waals surface area contributed by atoms with Gasteiger partial charge in [0.05, 0.1) is 17.8 Å². The predicted molar refractivity (Wildman–Crippen MR) is 105 cm³/mol. The summed E-state index contributed by atoms with van der Waals surface area (Å²) in [5, 5.41) is 0. The van der Waals surface area contributed by atoms with Gasteiger partial charge in [-0.2, -0.15) is 0 Å². The molecule has 6 heteroatoms. The van der Waals surface area contributed by atoms with Crippen LogP contribution in [0.1, 0.15) is 42.3 Å². The molecule has 1 unspecified atom stereocenters. The maximum atomic E-state index is 13.9. The van der Waals surface area contributed by atoms with Gasteiger partial charge in [0, 0.05) is 19.9 Å². The highest BCUT2D eigenvalue weighted by Crippen LogP contribution is 2.34. The lowest BCUT2D eigenvalue weighted by Gasteiger charge is -2.33. The van der Waals surface area contributed by atoms with Crippen LogP contribution in [0.2, 0.25) is 0 Å². The van der Waals surface area contributed by atoms with Gasteiger partial charge in [-0.05, 0) is 42.5 Å². The predicted octanol–water partition coefficient (Wildman–Crippen LogP) is 5.09. The summed E-state index contributed by atoms with van der Waals surface area (Å²) < 4.78 is 33.3. The van der Waals surface area contributed by atoms with E-state index in [1.807, 2.05) is 19.2 Å². The number of rotatable bonds is 5. The van der Waals surface area contributed by atoms with Crippen LogP contribution in [0.15, 0.2) is 53.1 Å². The van der Waals surface area contributed by atoms with E-state index in [4.69, 9.17) is 4.42 Å². The van der Waals surface area contributed by atoms with E-state index in [2.05, 4.69) is 17.1 Å². The van der Waals surface area contributed by atoms with Crippen LogP contribution >= 0.6 is 0 Å². The molecule has 0 saturated carbocycles. The smallest absolute Gasteiger partial charge is 0.223 e. The molecule has 3 aromatic rings. The van der Waals surface area contributed by atoms with Gasteiger partial charge in [0.2, 0.25) is 5.91 Å². The Labute approximate surface area is 168 Å². The lowest BCUT2D eigenvalue weighted by Crippen LogP contribution is -2.33. The van der Waals surface area contributed by atoms with Crippen molar-refractivity contribution in [2.75, 3.05) is 7.05 Å². The minimum Gasteiger partial charge on any atom is -0.441 e. The van der Waals surface area contributed by atoms with Gasteiger partial charge in [-0.1, -0.05) is 30.3 Å². The molecule has 2 aromatic carbocycles. The van der Waals surface area contributed by atoms with Crippen LogP contribution < -0.4 is 0 Å². The normalized spacial score (nSPS) is 15.8. The molecule has 0 N–H and O–H groups in total. The fourth-order valence-electron chi connectivity index (χ4n) is 3.97. The molecule has 1 heterocycles. The van der Waals surface area contributed by atoms with Gasteiger partial charge < -0.3 is 9.32 Å². The van der Waals surface area contributed by atoms with Crippen molar-refractivity contribution in [1.29, 1.82) is 0 Å². The summed E-state index contributed by atoms with van der Waals surface area (Å²) in [6, 6.07) is 11.9. The van der Waals surface area contributed by atoms with Crippen LogP contribution in [0, 0.1) is 11.6 Å². The van der Waals surface area contributed by atoms with Crippen molar-refractivity contribution in [2.24, 2.45) is 0 Å². The van der Waals surface area contributed by atoms with E-state index in [-0.39, 0.29) is 42.0 Å². The van der Waals surface area contributed by atoms with Crippen molar-refractivity contribution in [3.63, 3.8) is 0 Å². The lowest BCUT2D eigenvalue weighted by atomic mass is 9.87. The molecule has 0 aliphatic heterocycles. The van der Waals surface area contributed by atoms with Crippen molar-refractivity contribution in [2.45, 2.75) is 38.1 Å². The highest BCUT2D eigenvalue weighted by atomic mass is 19.1. The molecule has 0 bridgehead atoms. The molecule has 1 amide bonds. The van der Waals surface area contributed by atoms with E-state index in [1.165, 1.54) is 35.5 Å². The third-order valence-electron chi connectivity index (χ3n) is 5.51. The van der Waals surface area contributed by atoms with Crippen LogP contribution in [-0.4, -0.2) is 22.8 Å². The molecule has 0 saturated heterocycles. The first-order chi connectivity index (χ1) is 14.0. The summed E-state index contributed by atoms with van der Waals surface area (Å²) in [4.78, 5) is 18.6. The minimum absolute atomic E-state index is 0.0106. The minimum atomic E-state index is -0.709. The maximum Gasteiger partial charge on any atom is 0.223 e. The SMILES string of the molecule is CN(C(=O)CCc1ncc(-c2c(F)cccc2F)o1)C1CCCc2ccccc21. The largest absolute Gasteiger partial charge is 0.441 e. The summed E-state index contributed by atoms with van der Waals surface area (Å²) in [6.07, 6.45) is 4.82. The van der Waals surface area contributed by atoms with Gasteiger partial charge in [0.1, 0.15) is 11.6 Å². The van der Waals surface area contributed by atoms with E-state index in [0.29, 0.717) is 0 Å². The highest BCUT2D eigenvalue weighted by molar-refractivity contribution is 5.76. The summed E-state index contributed by atoms with van der Waals surface area (Å²) in [7, 11) is 1.82. The third kappa shape index (κ3) is 3.92. The number of carbonyl (C=O) groups is 1. The van der Waals surface area contributed by atoms with Crippen LogP contribution in [0.25, 0.3) is 11.3 Å². The van der Waals surface area contributed by atoms with E-state index in [0.717, 1.165) is 19.3 Å². The molecule has 29 heavy (non-hydrogen) atoms. The number of aryl methyl sites for hydroxylation is 2. The van der Waals surface area contributed by atoms with Crippen molar-refractivity contribution < 1.29 is 18.0 Å². The quantitative estimate of drug-likeness (QED) is 0.604. The fourth-order valence-corrected chi connectivity index (χ4v) is 3.97. The summed E-state index contributed by atoms with van der Waals surface area (Å²) in [5.74, 6) is -1.12. The molecule has 150 valence electrons. The second-order valence-electron chi connectivity index (χ2n) is 7.33. The van der Waals surface area contributed by atoms with Gasteiger partial charge in [-0.25, -0.2) is 13.8 Å². The van der Waals surface area contributed by atoms with Gasteiger partial charge in [-0.3, -0.25) is 4.79 Å². The van der Waals surface area contributed by atoms with E-state index in [1.54, 1.807) is 4.90 Å². The van der Waals surface area contributed by atoms with Gasteiger partial charge >= 0.3 is 0 Å². The van der Waals surface area contributed by atoms with Crippen molar-refractivity contribution in [1.82, 2.24) is 9.88 Å². The summed E-state index contributed by atoms with van der Waals surface area (Å²) in [6.45, 7) is 0. The fraction of sp³-hybridized carbons (Fsp3) is 0.304. The standard InChI is InChI=1S/C23H22F2N2O2/c1-27(19-11-4-7-15-6-2-3-8-16(15)19)22(28)13-12-21-26-14-20(29-21)23-17(24)9-5-10-18(23)25/h2-3,5-6,8-10,14,19H,4,7,11-13H2,1H3. The number of benzene rings is 2. The zero-order valence-electron chi connectivity index (χ0n) is 16.2. The molecule has 0 fully saturated rings. The van der Waals surface area contributed by atoms with E-state index < -0.39 is 11.6 Å². The number of fused-ring (bicyclic) bond motifs is 1. The van der Waals surface area contributed by atoms with Crippen LogP contribution in [0.4, 0.5) is 8.78 Å². The molecular weight excluding hydrogens is 374 g/mol. The second kappa shape index (κ2) is 8.15. The first kappa shape index (κ1) is 19.3. The Morgan fingerprint density at radius 3 is 2.72 bits per heavy atom. The molecule has 1 aliphatic carbocycles. The molecule has 1 atom stereocenters. The third-order valence-corrected chi connectivity index (χ3v) is 5.51. The average molecular weight is 396 g/mol. The molecule has 4 rings (SSSR count). The van der Waals surface area contributed by atoms with E-state index in [9.17, 15) is 13.6 Å². The molecule has 1 aromatic heterocycles. The Morgan fingerprint density at radius 1 is 1.17 bits per heavy atom. The average Bonchev–Trinajstić information content (AvgIpc) is 3.19. The van der Waals surface area contributed by atoms with Crippen LogP contribution in [0.3, 0.4) is 0 Å². The van der Waals surface area contributed by atoms with Crippen molar-refractivity contribution in [3.05, 3.63) is 77.3 Å². The monoisotopic (exact) mass is 396 g/mol. The van der Waals surface area contributed by atoms with Gasteiger partial charge in [0.15, 0.2) is 11.7 Å². The lowest BCUT2D eigenvalue weighted by molar-refractivity contribution is -0.132. The zero-order chi connectivity index (χ0) is 20.4. The Hall–Kier alpha value is -3.02. The number of halogens is 2. The number of amides is 1. The molecule has 0 radical (unpaired) electrons. The number of nitrogens with zero attached hydrogens (tertiary/aromatic N) is 2. The summed E-state index contributed by atoms with van der Waals surface area (Å²) >= 11 is 0. The number of oxazole rings is 1. The number of hydrogen-bond acceptors (Lipinski definition) is 3. The molecule has 1 aliphatic rings. The summed E-state index contributed by atoms with van der Waals surface area (Å²) in [5.41, 5.74) is 2.27. The van der Waals surface area contributed by atoms with Crippen molar-refractivity contribution >= 4 is 5.91 Å². The topological polar surface area (TPSA) is 46.3 Å². The first-order valence-electron chi connectivity index (χ1n) is 9.77. The number of aromatic nitrogens is 1. The molecule has 4 nitrogen and oxygen atoms in total. The van der Waals surface area contributed by atoms with E-state index >= 15 is 0 Å². The number of hydrogen-bond donors (Lipinski definition) is 0. The Kier molecular flexibility index (Phi) is 5.43. The Balaban J connectivity index is 1.43. The maximum absolute atomic E-state index is 13.9. The van der Waals surface area contributed by atoms with Gasteiger partial charge in [0.25, 0.3) is 0 Å².